The molecule has 0 atom stereocenters. The van der Waals surface area contributed by atoms with E-state index in [0.29, 0.717) is 11.1 Å². The van der Waals surface area contributed by atoms with Gasteiger partial charge in [0.1, 0.15) is 5.65 Å². The van der Waals surface area contributed by atoms with Crippen LogP contribution in [0.4, 0.5) is 0 Å². The molecule has 4 heterocycles. The molecule has 0 amide bonds. The Bertz CT molecular complexity index is 876. The third-order valence-corrected chi connectivity index (χ3v) is 6.21. The summed E-state index contributed by atoms with van der Waals surface area (Å²) in [7, 11) is 1.65. The number of aromatic amines is 1. The van der Waals surface area contributed by atoms with E-state index < -0.39 is 0 Å². The maximum atomic E-state index is 5.21. The van der Waals surface area contributed by atoms with Crippen LogP contribution in [0.25, 0.3) is 22.3 Å². The van der Waals surface area contributed by atoms with E-state index in [2.05, 4.69) is 26.3 Å². The molecule has 5 rings (SSSR count). The molecular formula is C21H30N4O2S. The summed E-state index contributed by atoms with van der Waals surface area (Å²) in [6, 6.07) is 2.30. The van der Waals surface area contributed by atoms with Crippen molar-refractivity contribution in [2.75, 3.05) is 33.4 Å². The lowest BCUT2D eigenvalue weighted by atomic mass is 9.84. The van der Waals surface area contributed by atoms with Crippen LogP contribution in [0.2, 0.25) is 0 Å². The maximum Gasteiger partial charge on any atom is 0.273 e. The van der Waals surface area contributed by atoms with Gasteiger partial charge in [-0.2, -0.15) is 0 Å². The van der Waals surface area contributed by atoms with Crippen molar-refractivity contribution in [2.45, 2.75) is 38.0 Å². The fourth-order valence-corrected chi connectivity index (χ4v) is 4.52. The molecule has 6 nitrogen and oxygen atoms in total. The number of H-pyrrole nitrogens is 1. The maximum absolute atomic E-state index is 5.21. The van der Waals surface area contributed by atoms with Gasteiger partial charge in [0.05, 0.1) is 26.0 Å². The van der Waals surface area contributed by atoms with Crippen molar-refractivity contribution in [1.82, 2.24) is 20.3 Å². The van der Waals surface area contributed by atoms with Crippen molar-refractivity contribution < 1.29 is 10.9 Å². The Morgan fingerprint density at radius 2 is 2.04 bits per heavy atom. The Hall–Kier alpha value is -1.96. The first-order valence-corrected chi connectivity index (χ1v) is 11.0. The highest BCUT2D eigenvalue weighted by Crippen LogP contribution is 2.36. The third-order valence-electron chi connectivity index (χ3n) is 5.41. The highest BCUT2D eigenvalue weighted by molar-refractivity contribution is 7.11. The Morgan fingerprint density at radius 3 is 2.68 bits per heavy atom. The number of hydrogen-bond acceptors (Lipinski definition) is 6. The second-order valence-electron chi connectivity index (χ2n) is 7.27. The number of fused-ring (bicyclic) bond motifs is 1. The Kier molecular flexibility index (Phi) is 6.57. The van der Waals surface area contributed by atoms with Gasteiger partial charge in [-0.15, -0.1) is 0 Å². The van der Waals surface area contributed by atoms with Crippen LogP contribution in [0.3, 0.4) is 0 Å². The van der Waals surface area contributed by atoms with Gasteiger partial charge < -0.3 is 19.8 Å². The highest BCUT2D eigenvalue weighted by atomic mass is 32.1. The molecule has 2 N–H and O–H groups in total. The van der Waals surface area contributed by atoms with Crippen molar-refractivity contribution in [3.05, 3.63) is 29.4 Å². The Balaban J connectivity index is 0.000000297. The zero-order valence-corrected chi connectivity index (χ0v) is 17.2. The molecule has 1 saturated carbocycles. The topological polar surface area (TPSA) is 72.1 Å². The molecule has 28 heavy (non-hydrogen) atoms. The number of ether oxygens (including phenoxy) is 2. The van der Waals surface area contributed by atoms with E-state index in [9.17, 15) is 0 Å². The average Bonchev–Trinajstić information content (AvgIpc) is 3.42. The molecular weight excluding hydrogens is 372 g/mol. The molecule has 1 aliphatic carbocycles. The van der Waals surface area contributed by atoms with Gasteiger partial charge in [-0.1, -0.05) is 30.6 Å². The van der Waals surface area contributed by atoms with Gasteiger partial charge in [-0.3, -0.25) is 0 Å². The molecule has 2 fully saturated rings. The van der Waals surface area contributed by atoms with Gasteiger partial charge >= 0.3 is 0 Å². The number of methoxy groups -OCH3 is 1. The largest absolute Gasteiger partial charge is 0.473 e. The Morgan fingerprint density at radius 1 is 1.21 bits per heavy atom. The number of hydrogen-bond donors (Lipinski definition) is 2. The summed E-state index contributed by atoms with van der Waals surface area (Å²) < 4.78 is 10.2. The van der Waals surface area contributed by atoms with Crippen LogP contribution in [0.15, 0.2) is 23.8 Å². The first kappa shape index (κ1) is 19.4. The lowest BCUT2D eigenvalue weighted by Gasteiger charge is -2.21. The smallest absolute Gasteiger partial charge is 0.273 e. The number of rotatable bonds is 3. The summed E-state index contributed by atoms with van der Waals surface area (Å²) in [6.45, 7) is 3.83. The van der Waals surface area contributed by atoms with Crippen LogP contribution in [-0.2, 0) is 4.74 Å². The lowest BCUT2D eigenvalue weighted by Crippen LogP contribution is -2.30. The second kappa shape index (κ2) is 9.49. The summed E-state index contributed by atoms with van der Waals surface area (Å²) in [5, 5.41) is 7.05. The molecule has 152 valence electrons. The molecule has 0 unspecified atom stereocenters. The summed E-state index contributed by atoms with van der Waals surface area (Å²) in [5.74, 6) is 0.665. The standard InChI is InChI=1S/C17H19N3OS.C4H9NO.H2/c1-21-17-20-15(10-22-17)14-9-19-16-13(14)7-12(8-18-16)11-5-3-2-4-6-11;1-3-6-4-2-5-1;/h7-11H,2-6H2,1H3,(H,18,19);5H,1-4H2;1H. The van der Waals surface area contributed by atoms with Crippen LogP contribution in [-0.4, -0.2) is 48.4 Å². The van der Waals surface area contributed by atoms with Crippen LogP contribution in [0.1, 0.15) is 45.0 Å². The van der Waals surface area contributed by atoms with Crippen LogP contribution in [0, 0.1) is 0 Å². The summed E-state index contributed by atoms with van der Waals surface area (Å²) >= 11 is 1.52. The average molecular weight is 403 g/mol. The van der Waals surface area contributed by atoms with Gasteiger partial charge in [0, 0.05) is 43.2 Å². The quantitative estimate of drug-likeness (QED) is 0.670. The zero-order valence-electron chi connectivity index (χ0n) is 16.4. The molecule has 1 saturated heterocycles. The first-order chi connectivity index (χ1) is 13.8. The number of nitrogens with one attached hydrogen (secondary N) is 2. The number of thiazole rings is 1. The van der Waals surface area contributed by atoms with Crippen molar-refractivity contribution in [2.24, 2.45) is 0 Å². The van der Waals surface area contributed by atoms with E-state index in [1.165, 1.54) is 49.0 Å². The molecule has 7 heteroatoms. The monoisotopic (exact) mass is 402 g/mol. The summed E-state index contributed by atoms with van der Waals surface area (Å²) in [6.07, 6.45) is 10.7. The molecule has 3 aromatic heterocycles. The SMILES string of the molecule is C1COCCN1.COc1nc(-c2c[nH]c3ncc(C4CCCCC4)cc23)cs1.[HH]. The minimum atomic E-state index is 0. The number of aromatic nitrogens is 3. The van der Waals surface area contributed by atoms with Gasteiger partial charge in [-0.05, 0) is 30.4 Å². The predicted octanol–water partition coefficient (Wildman–Crippen LogP) is 4.59. The third kappa shape index (κ3) is 4.54. The number of pyridine rings is 1. The van der Waals surface area contributed by atoms with Gasteiger partial charge in [-0.25, -0.2) is 9.97 Å². The molecule has 0 bridgehead atoms. The van der Waals surface area contributed by atoms with Crippen molar-refractivity contribution in [3.8, 4) is 16.5 Å². The van der Waals surface area contributed by atoms with Crippen molar-refractivity contribution >= 4 is 22.4 Å². The van der Waals surface area contributed by atoms with E-state index in [0.717, 1.165) is 48.6 Å². The number of morpholine rings is 1. The molecule has 2 aliphatic rings. The van der Waals surface area contributed by atoms with Gasteiger partial charge in [0.2, 0.25) is 0 Å². The van der Waals surface area contributed by atoms with E-state index in [4.69, 9.17) is 9.47 Å². The molecule has 0 aromatic carbocycles. The number of nitrogens with zero attached hydrogens (tertiary/aromatic N) is 2. The van der Waals surface area contributed by atoms with E-state index >= 15 is 0 Å². The predicted molar refractivity (Wildman–Crippen MR) is 115 cm³/mol. The van der Waals surface area contributed by atoms with Gasteiger partial charge in [0.15, 0.2) is 0 Å². The zero-order chi connectivity index (χ0) is 19.2. The Labute approximate surface area is 171 Å². The molecule has 0 spiro atoms. The fraction of sp³-hybridized carbons (Fsp3) is 0.524. The van der Waals surface area contributed by atoms with E-state index in [1.54, 1.807) is 7.11 Å². The highest BCUT2D eigenvalue weighted by Gasteiger charge is 2.18. The minimum absolute atomic E-state index is 0. The van der Waals surface area contributed by atoms with E-state index in [1.807, 2.05) is 17.8 Å². The summed E-state index contributed by atoms with van der Waals surface area (Å²) in [5.41, 5.74) is 4.37. The van der Waals surface area contributed by atoms with Crippen LogP contribution < -0.4 is 10.1 Å². The van der Waals surface area contributed by atoms with Crippen LogP contribution >= 0.6 is 11.3 Å². The lowest BCUT2D eigenvalue weighted by molar-refractivity contribution is 0.109. The van der Waals surface area contributed by atoms with E-state index in [-0.39, 0.29) is 1.43 Å². The normalized spacial score (nSPS) is 17.9. The minimum Gasteiger partial charge on any atom is -0.473 e. The van der Waals surface area contributed by atoms with Crippen LogP contribution in [0.5, 0.6) is 5.19 Å². The molecule has 0 radical (unpaired) electrons. The summed E-state index contributed by atoms with van der Waals surface area (Å²) in [4.78, 5) is 12.4. The van der Waals surface area contributed by atoms with Crippen molar-refractivity contribution in [3.63, 3.8) is 0 Å². The second-order valence-corrected chi connectivity index (χ2v) is 8.09. The molecule has 1 aliphatic heterocycles. The fourth-order valence-electron chi connectivity index (χ4n) is 3.88. The van der Waals surface area contributed by atoms with Crippen molar-refractivity contribution in [1.29, 1.82) is 0 Å². The molecule has 3 aromatic rings. The first-order valence-electron chi connectivity index (χ1n) is 10.1. The van der Waals surface area contributed by atoms with Gasteiger partial charge in [0.25, 0.3) is 5.19 Å².